The summed E-state index contributed by atoms with van der Waals surface area (Å²) in [5, 5.41) is 18.7. The van der Waals surface area contributed by atoms with Gasteiger partial charge in [0.1, 0.15) is 5.69 Å². The molecule has 0 spiro atoms. The van der Waals surface area contributed by atoms with Gasteiger partial charge in [-0.1, -0.05) is 12.1 Å². The molecule has 3 rings (SSSR count). The zero-order valence-corrected chi connectivity index (χ0v) is 17.1. The lowest BCUT2D eigenvalue weighted by Gasteiger charge is -2.31. The van der Waals surface area contributed by atoms with Crippen molar-refractivity contribution in [2.45, 2.75) is 19.8 Å². The molecular formula is C19H24ClN5O4. The Morgan fingerprint density at radius 3 is 2.59 bits per heavy atom. The largest absolute Gasteiger partial charge is 0.337 e. The van der Waals surface area contributed by atoms with Crippen molar-refractivity contribution in [2.75, 3.05) is 26.7 Å². The van der Waals surface area contributed by atoms with Gasteiger partial charge >= 0.3 is 0 Å². The van der Waals surface area contributed by atoms with Gasteiger partial charge in [0.15, 0.2) is 5.69 Å². The number of halogens is 1. The van der Waals surface area contributed by atoms with Crippen molar-refractivity contribution in [1.29, 1.82) is 0 Å². The maximum Gasteiger partial charge on any atom is 0.294 e. The average Bonchev–Trinajstić information content (AvgIpc) is 2.68. The van der Waals surface area contributed by atoms with E-state index in [9.17, 15) is 19.7 Å². The summed E-state index contributed by atoms with van der Waals surface area (Å²) in [7, 11) is 1.90. The van der Waals surface area contributed by atoms with Crippen molar-refractivity contribution in [1.82, 2.24) is 20.0 Å². The second kappa shape index (κ2) is 9.62. The highest BCUT2D eigenvalue weighted by Gasteiger charge is 2.27. The number of amides is 1. The van der Waals surface area contributed by atoms with Crippen LogP contribution in [0.1, 0.15) is 29.0 Å². The molecule has 1 aliphatic rings. The van der Waals surface area contributed by atoms with E-state index in [0.717, 1.165) is 19.4 Å². The molecule has 0 atom stereocenters. The molecule has 1 aromatic carbocycles. The minimum absolute atomic E-state index is 0. The van der Waals surface area contributed by atoms with Crippen molar-refractivity contribution in [2.24, 2.45) is 5.92 Å². The Morgan fingerprint density at radius 2 is 1.97 bits per heavy atom. The summed E-state index contributed by atoms with van der Waals surface area (Å²) in [6.45, 7) is 3.65. The lowest BCUT2D eigenvalue weighted by atomic mass is 9.96. The number of carbonyl (C=O) groups excluding carboxylic acids is 1. The smallest absolute Gasteiger partial charge is 0.294 e. The van der Waals surface area contributed by atoms with Crippen molar-refractivity contribution in [3.05, 3.63) is 62.1 Å². The SMILES string of the molecule is CNCC1CCN(C(=O)c2nn(-c3ccccc3[N+](=O)[O-])c(C)cc2=O)CC1.Cl. The Hall–Kier alpha value is -2.78. The van der Waals surface area contributed by atoms with Gasteiger partial charge in [-0.25, -0.2) is 4.68 Å². The van der Waals surface area contributed by atoms with Crippen LogP contribution in [0.15, 0.2) is 35.1 Å². The molecule has 10 heteroatoms. The van der Waals surface area contributed by atoms with Gasteiger partial charge in [0.05, 0.1) is 4.92 Å². The third kappa shape index (κ3) is 4.80. The molecule has 1 fully saturated rings. The van der Waals surface area contributed by atoms with Crippen LogP contribution in [0.5, 0.6) is 0 Å². The summed E-state index contributed by atoms with van der Waals surface area (Å²) >= 11 is 0. The fourth-order valence-electron chi connectivity index (χ4n) is 3.52. The van der Waals surface area contributed by atoms with Crippen LogP contribution in [0.4, 0.5) is 5.69 Å². The molecule has 1 aromatic heterocycles. The number of nitrogens with one attached hydrogen (secondary N) is 1. The fourth-order valence-corrected chi connectivity index (χ4v) is 3.52. The lowest BCUT2D eigenvalue weighted by Crippen LogP contribution is -2.42. The molecule has 0 radical (unpaired) electrons. The van der Waals surface area contributed by atoms with Gasteiger partial charge in [0.25, 0.3) is 11.6 Å². The number of piperidine rings is 1. The first-order valence-electron chi connectivity index (χ1n) is 9.21. The van der Waals surface area contributed by atoms with Gasteiger partial charge in [-0.2, -0.15) is 5.10 Å². The highest BCUT2D eigenvalue weighted by molar-refractivity contribution is 5.92. The molecule has 1 N–H and O–H groups in total. The highest BCUT2D eigenvalue weighted by Crippen LogP contribution is 2.23. The van der Waals surface area contributed by atoms with Gasteiger partial charge in [-0.15, -0.1) is 12.4 Å². The van der Waals surface area contributed by atoms with Crippen molar-refractivity contribution in [3.8, 4) is 5.69 Å². The Morgan fingerprint density at radius 1 is 1.31 bits per heavy atom. The molecule has 9 nitrogen and oxygen atoms in total. The summed E-state index contributed by atoms with van der Waals surface area (Å²) in [6, 6.07) is 7.41. The van der Waals surface area contributed by atoms with E-state index in [0.29, 0.717) is 24.7 Å². The number of rotatable bonds is 5. The van der Waals surface area contributed by atoms with Crippen molar-refractivity contribution in [3.63, 3.8) is 0 Å². The number of likely N-dealkylation sites (tertiary alicyclic amines) is 1. The number of carbonyl (C=O) groups is 1. The van der Waals surface area contributed by atoms with E-state index in [4.69, 9.17) is 0 Å². The lowest BCUT2D eigenvalue weighted by molar-refractivity contribution is -0.384. The average molecular weight is 422 g/mol. The van der Waals surface area contributed by atoms with Crippen LogP contribution < -0.4 is 10.7 Å². The molecule has 1 saturated heterocycles. The number of aryl methyl sites for hydroxylation is 1. The topological polar surface area (TPSA) is 110 Å². The molecule has 1 aliphatic heterocycles. The third-order valence-corrected chi connectivity index (χ3v) is 5.01. The van der Waals surface area contributed by atoms with Crippen LogP contribution in [0.25, 0.3) is 5.69 Å². The third-order valence-electron chi connectivity index (χ3n) is 5.01. The number of nitro groups is 1. The number of nitrogens with zero attached hydrogens (tertiary/aromatic N) is 4. The number of hydrogen-bond donors (Lipinski definition) is 1. The zero-order chi connectivity index (χ0) is 20.3. The van der Waals surface area contributed by atoms with Crippen LogP contribution in [0.2, 0.25) is 0 Å². The molecule has 0 saturated carbocycles. The van der Waals surface area contributed by atoms with E-state index in [1.807, 2.05) is 7.05 Å². The first-order chi connectivity index (χ1) is 13.4. The molecular weight excluding hydrogens is 398 g/mol. The van der Waals surface area contributed by atoms with E-state index in [-0.39, 0.29) is 29.5 Å². The Bertz CT molecular complexity index is 954. The van der Waals surface area contributed by atoms with E-state index in [1.54, 1.807) is 30.0 Å². The van der Waals surface area contributed by atoms with E-state index in [2.05, 4.69) is 10.4 Å². The number of aromatic nitrogens is 2. The minimum Gasteiger partial charge on any atom is -0.337 e. The molecule has 2 aromatic rings. The van der Waals surface area contributed by atoms with Gasteiger partial charge in [-0.05, 0) is 45.3 Å². The van der Waals surface area contributed by atoms with Crippen LogP contribution in [-0.2, 0) is 0 Å². The predicted molar refractivity (Wildman–Crippen MR) is 111 cm³/mol. The summed E-state index contributed by atoms with van der Waals surface area (Å²) < 4.78 is 1.29. The number of para-hydroxylation sites is 2. The normalized spacial score (nSPS) is 14.3. The quantitative estimate of drug-likeness (QED) is 0.583. The molecule has 0 aliphatic carbocycles. The fraction of sp³-hybridized carbons (Fsp3) is 0.421. The molecule has 0 bridgehead atoms. The summed E-state index contributed by atoms with van der Waals surface area (Å²) in [5.74, 6) is 0.0731. The standard InChI is InChI=1S/C19H23N5O4.ClH/c1-13-11-17(25)18(19(26)22-9-7-14(8-10-22)12-20-2)21-23(13)15-5-3-4-6-16(15)24(27)28;/h3-6,11,14,20H,7-10,12H2,1-2H3;1H. The Balaban J connectivity index is 0.00000300. The first kappa shape index (κ1) is 22.5. The molecule has 1 amide bonds. The number of nitro benzene ring substituents is 1. The summed E-state index contributed by atoms with van der Waals surface area (Å²) in [6.07, 6.45) is 1.72. The van der Waals surface area contributed by atoms with E-state index in [1.165, 1.54) is 16.8 Å². The summed E-state index contributed by atoms with van der Waals surface area (Å²) in [5.41, 5.74) is -0.200. The van der Waals surface area contributed by atoms with Gasteiger partial charge in [0.2, 0.25) is 5.43 Å². The van der Waals surface area contributed by atoms with Crippen molar-refractivity contribution < 1.29 is 9.72 Å². The zero-order valence-electron chi connectivity index (χ0n) is 16.3. The minimum atomic E-state index is -0.511. The van der Waals surface area contributed by atoms with Gasteiger partial charge < -0.3 is 10.2 Å². The van der Waals surface area contributed by atoms with Gasteiger partial charge in [-0.3, -0.25) is 19.7 Å². The second-order valence-electron chi connectivity index (χ2n) is 6.95. The number of benzene rings is 1. The number of hydrogen-bond acceptors (Lipinski definition) is 6. The molecule has 29 heavy (non-hydrogen) atoms. The van der Waals surface area contributed by atoms with E-state index < -0.39 is 16.3 Å². The van der Waals surface area contributed by atoms with Crippen molar-refractivity contribution >= 4 is 24.0 Å². The molecule has 156 valence electrons. The van der Waals surface area contributed by atoms with E-state index >= 15 is 0 Å². The maximum atomic E-state index is 12.9. The second-order valence-corrected chi connectivity index (χ2v) is 6.95. The Kier molecular flexibility index (Phi) is 7.46. The van der Waals surface area contributed by atoms with Crippen LogP contribution >= 0.6 is 12.4 Å². The maximum absolute atomic E-state index is 12.9. The predicted octanol–water partition coefficient (Wildman–Crippen LogP) is 1.94. The highest BCUT2D eigenvalue weighted by atomic mass is 35.5. The molecule has 0 unspecified atom stereocenters. The first-order valence-corrected chi connectivity index (χ1v) is 9.21. The van der Waals surface area contributed by atoms with Gasteiger partial charge in [0, 0.05) is 30.9 Å². The van der Waals surface area contributed by atoms with Crippen LogP contribution in [-0.4, -0.2) is 52.2 Å². The van der Waals surface area contributed by atoms with Crippen LogP contribution in [0.3, 0.4) is 0 Å². The monoisotopic (exact) mass is 421 g/mol. The summed E-state index contributed by atoms with van der Waals surface area (Å²) in [4.78, 5) is 37.8. The van der Waals surface area contributed by atoms with Crippen LogP contribution in [0, 0.1) is 23.0 Å². The molecule has 2 heterocycles. The Labute approximate surface area is 174 Å².